The van der Waals surface area contributed by atoms with Crippen molar-refractivity contribution in [2.45, 2.75) is 31.0 Å². The summed E-state index contributed by atoms with van der Waals surface area (Å²) in [4.78, 5) is 25.5. The zero-order chi connectivity index (χ0) is 19.2. The van der Waals surface area contributed by atoms with E-state index >= 15 is 0 Å². The van der Waals surface area contributed by atoms with Crippen LogP contribution in [0.4, 0.5) is 13.2 Å². The third-order valence-corrected chi connectivity index (χ3v) is 4.92. The molecule has 2 amide bonds. The molecular weight excluding hydrogens is 359 g/mol. The molecule has 27 heavy (non-hydrogen) atoms. The maximum absolute atomic E-state index is 13.6. The van der Waals surface area contributed by atoms with Crippen LogP contribution in [0.1, 0.15) is 28.8 Å². The number of nitrogens with one attached hydrogen (secondary N) is 2. The number of benzene rings is 1. The van der Waals surface area contributed by atoms with E-state index in [4.69, 9.17) is 0 Å². The third-order valence-electron chi connectivity index (χ3n) is 4.92. The summed E-state index contributed by atoms with van der Waals surface area (Å²) in [6.07, 6.45) is 3.08. The van der Waals surface area contributed by atoms with Crippen LogP contribution < -0.4 is 10.6 Å². The summed E-state index contributed by atoms with van der Waals surface area (Å²) in [5.41, 5.74) is 0.180. The van der Waals surface area contributed by atoms with Gasteiger partial charge in [0.05, 0.1) is 6.08 Å². The van der Waals surface area contributed by atoms with Gasteiger partial charge in [0.15, 0.2) is 5.95 Å². The molecule has 5 nitrogen and oxygen atoms in total. The Bertz CT molecular complexity index is 886. The molecule has 2 N–H and O–H groups in total. The first-order valence-corrected chi connectivity index (χ1v) is 8.45. The van der Waals surface area contributed by atoms with E-state index < -0.39 is 35.9 Å². The first-order valence-electron chi connectivity index (χ1n) is 8.45. The quantitative estimate of drug-likeness (QED) is 0.796. The number of carbonyl (C=O) groups is 2. The second kappa shape index (κ2) is 6.29. The van der Waals surface area contributed by atoms with E-state index in [-0.39, 0.29) is 18.4 Å². The zero-order valence-electron chi connectivity index (χ0n) is 14.1. The summed E-state index contributed by atoms with van der Waals surface area (Å²) in [6.45, 7) is 0. The number of nitrogens with zero attached hydrogens (tertiary/aromatic N) is 1. The van der Waals surface area contributed by atoms with Crippen molar-refractivity contribution in [3.8, 4) is 0 Å². The van der Waals surface area contributed by atoms with Gasteiger partial charge in [-0.2, -0.15) is 4.39 Å². The number of halogens is 3. The van der Waals surface area contributed by atoms with Crippen LogP contribution in [0, 0.1) is 0 Å². The van der Waals surface area contributed by atoms with Crippen molar-refractivity contribution in [2.75, 3.05) is 0 Å². The van der Waals surface area contributed by atoms with Crippen LogP contribution in [0.3, 0.4) is 0 Å². The summed E-state index contributed by atoms with van der Waals surface area (Å²) in [5, 5.41) is 5.01. The summed E-state index contributed by atoms with van der Waals surface area (Å²) in [7, 11) is 0. The molecule has 0 bridgehead atoms. The molecular formula is C19H16F3N3O2. The van der Waals surface area contributed by atoms with Crippen LogP contribution in [-0.4, -0.2) is 34.8 Å². The molecule has 3 aliphatic rings. The van der Waals surface area contributed by atoms with E-state index in [1.54, 1.807) is 30.5 Å². The highest BCUT2D eigenvalue weighted by molar-refractivity contribution is 5.96. The molecule has 8 heteroatoms. The predicted molar refractivity (Wildman–Crippen MR) is 92.0 cm³/mol. The highest BCUT2D eigenvalue weighted by Crippen LogP contribution is 2.41. The van der Waals surface area contributed by atoms with Crippen LogP contribution in [-0.2, 0) is 4.79 Å². The van der Waals surface area contributed by atoms with Crippen LogP contribution >= 0.6 is 0 Å². The summed E-state index contributed by atoms with van der Waals surface area (Å²) in [5.74, 6) is -1.76. The van der Waals surface area contributed by atoms with Gasteiger partial charge in [0.1, 0.15) is 11.7 Å². The molecule has 0 aromatic heterocycles. The molecule has 1 aromatic rings. The molecule has 0 saturated heterocycles. The minimum Gasteiger partial charge on any atom is -0.341 e. The number of rotatable bonds is 4. The van der Waals surface area contributed by atoms with Crippen molar-refractivity contribution in [3.63, 3.8) is 0 Å². The third kappa shape index (κ3) is 3.11. The molecule has 4 rings (SSSR count). The summed E-state index contributed by atoms with van der Waals surface area (Å²) >= 11 is 0. The molecule has 1 aromatic carbocycles. The summed E-state index contributed by atoms with van der Waals surface area (Å²) in [6, 6.07) is 6.32. The first-order chi connectivity index (χ1) is 12.9. The maximum atomic E-state index is 13.6. The number of fused-ring (bicyclic) bond motifs is 1. The molecule has 2 aliphatic heterocycles. The van der Waals surface area contributed by atoms with Gasteiger partial charge in [-0.1, -0.05) is 18.2 Å². The van der Waals surface area contributed by atoms with E-state index in [9.17, 15) is 22.8 Å². The Balaban J connectivity index is 1.53. The normalized spacial score (nSPS) is 22.6. The van der Waals surface area contributed by atoms with Gasteiger partial charge >= 0.3 is 0 Å². The fourth-order valence-corrected chi connectivity index (χ4v) is 3.17. The van der Waals surface area contributed by atoms with Gasteiger partial charge in [-0.25, -0.2) is 8.78 Å². The van der Waals surface area contributed by atoms with Gasteiger partial charge in [-0.05, 0) is 36.6 Å². The minimum absolute atomic E-state index is 0.258. The Morgan fingerprint density at radius 3 is 2.59 bits per heavy atom. The van der Waals surface area contributed by atoms with E-state index in [1.807, 2.05) is 0 Å². The van der Waals surface area contributed by atoms with E-state index in [2.05, 4.69) is 10.6 Å². The van der Waals surface area contributed by atoms with Crippen molar-refractivity contribution in [1.29, 1.82) is 0 Å². The highest BCUT2D eigenvalue weighted by atomic mass is 19.3. The maximum Gasteiger partial charge on any atom is 0.261 e. The van der Waals surface area contributed by atoms with Crippen molar-refractivity contribution in [1.82, 2.24) is 15.5 Å². The first kappa shape index (κ1) is 17.4. The van der Waals surface area contributed by atoms with Crippen molar-refractivity contribution in [2.24, 2.45) is 0 Å². The average molecular weight is 375 g/mol. The molecule has 1 atom stereocenters. The molecule has 1 fully saturated rings. The van der Waals surface area contributed by atoms with Crippen molar-refractivity contribution >= 4 is 17.4 Å². The fourth-order valence-electron chi connectivity index (χ4n) is 3.17. The lowest BCUT2D eigenvalue weighted by Gasteiger charge is -2.35. The van der Waals surface area contributed by atoms with E-state index in [0.717, 1.165) is 6.08 Å². The standard InChI is InChI=1S/C19H16F3N3O2/c20-14-10-15(26)25-9-1-2-13(16(25)23-14)11-3-5-12(6-4-11)17(27)24-19(7-8-19)18(21)22/h1-6,9-10,16,18,23H,7-8H2,(H,24,27). The second-order valence-corrected chi connectivity index (χ2v) is 6.74. The molecule has 1 unspecified atom stereocenters. The molecule has 0 radical (unpaired) electrons. The lowest BCUT2D eigenvalue weighted by Crippen LogP contribution is -2.49. The topological polar surface area (TPSA) is 61.4 Å². The summed E-state index contributed by atoms with van der Waals surface area (Å²) < 4.78 is 39.6. The molecule has 2 heterocycles. The van der Waals surface area contributed by atoms with Gasteiger partial charge in [0, 0.05) is 17.3 Å². The Kier molecular flexibility index (Phi) is 4.05. The smallest absolute Gasteiger partial charge is 0.261 e. The van der Waals surface area contributed by atoms with E-state index in [1.165, 1.54) is 17.0 Å². The average Bonchev–Trinajstić information content (AvgIpc) is 3.42. The van der Waals surface area contributed by atoms with Crippen molar-refractivity contribution in [3.05, 3.63) is 65.8 Å². The Morgan fingerprint density at radius 1 is 1.26 bits per heavy atom. The van der Waals surface area contributed by atoms with E-state index in [0.29, 0.717) is 11.1 Å². The fraction of sp³-hybridized carbons (Fsp3) is 0.263. The second-order valence-electron chi connectivity index (χ2n) is 6.74. The molecule has 1 saturated carbocycles. The zero-order valence-corrected chi connectivity index (χ0v) is 14.1. The van der Waals surface area contributed by atoms with Gasteiger partial charge in [0.2, 0.25) is 0 Å². The Morgan fingerprint density at radius 2 is 1.96 bits per heavy atom. The lowest BCUT2D eigenvalue weighted by atomic mass is 9.97. The van der Waals surface area contributed by atoms with Crippen molar-refractivity contribution < 1.29 is 22.8 Å². The Hall–Kier alpha value is -3.03. The van der Waals surface area contributed by atoms with Gasteiger partial charge in [-0.15, -0.1) is 0 Å². The Labute approximate surface area is 153 Å². The van der Waals surface area contributed by atoms with Gasteiger partial charge in [-0.3, -0.25) is 14.5 Å². The highest BCUT2D eigenvalue weighted by Gasteiger charge is 2.52. The number of amides is 2. The van der Waals surface area contributed by atoms with Crippen LogP contribution in [0.15, 0.2) is 54.6 Å². The largest absolute Gasteiger partial charge is 0.341 e. The van der Waals surface area contributed by atoms with Crippen LogP contribution in [0.5, 0.6) is 0 Å². The minimum atomic E-state index is -2.59. The SMILES string of the molecule is O=C(NC1(C(F)F)CC1)c1ccc(C2=CC=CN3C(=O)C=C(F)NC23)cc1. The predicted octanol–water partition coefficient (Wildman–Crippen LogP) is 2.69. The number of hydrogen-bond donors (Lipinski definition) is 2. The molecule has 1 aliphatic carbocycles. The number of alkyl halides is 2. The monoisotopic (exact) mass is 375 g/mol. The number of hydrogen-bond acceptors (Lipinski definition) is 3. The van der Waals surface area contributed by atoms with Gasteiger partial charge in [0.25, 0.3) is 18.2 Å². The van der Waals surface area contributed by atoms with Gasteiger partial charge < -0.3 is 10.6 Å². The number of allylic oxidation sites excluding steroid dienone is 2. The van der Waals surface area contributed by atoms with Crippen LogP contribution in [0.2, 0.25) is 0 Å². The lowest BCUT2D eigenvalue weighted by molar-refractivity contribution is -0.125. The van der Waals surface area contributed by atoms with Crippen LogP contribution in [0.25, 0.3) is 5.57 Å². The molecule has 0 spiro atoms. The molecule has 140 valence electrons. The number of carbonyl (C=O) groups excluding carboxylic acids is 2.